The fraction of sp³-hybridized carbons (Fsp3) is 0.211. The number of fused-ring (bicyclic) bond motifs is 1. The molecule has 126 valence electrons. The molecular weight excluding hydrogens is 312 g/mol. The minimum Gasteiger partial charge on any atom is -0.363 e. The van der Waals surface area contributed by atoms with Gasteiger partial charge in [-0.2, -0.15) is 9.61 Å². The van der Waals surface area contributed by atoms with E-state index in [2.05, 4.69) is 39.0 Å². The number of nitrogens with one attached hydrogen (secondary N) is 1. The van der Waals surface area contributed by atoms with Gasteiger partial charge in [0.05, 0.1) is 18.4 Å². The third-order valence-corrected chi connectivity index (χ3v) is 4.12. The SMILES string of the molecule is CCCn1ccnc1CNc1cc(-c2ccccc2)nc2ccnn12. The first kappa shape index (κ1) is 15.4. The predicted molar refractivity (Wildman–Crippen MR) is 98.3 cm³/mol. The zero-order valence-corrected chi connectivity index (χ0v) is 14.1. The van der Waals surface area contributed by atoms with Gasteiger partial charge in [-0.3, -0.25) is 0 Å². The number of hydrogen-bond acceptors (Lipinski definition) is 4. The molecule has 3 aromatic heterocycles. The van der Waals surface area contributed by atoms with Crippen LogP contribution >= 0.6 is 0 Å². The van der Waals surface area contributed by atoms with Crippen LogP contribution in [0.1, 0.15) is 19.2 Å². The van der Waals surface area contributed by atoms with E-state index >= 15 is 0 Å². The second-order valence-electron chi connectivity index (χ2n) is 5.88. The predicted octanol–water partition coefficient (Wildman–Crippen LogP) is 3.61. The number of anilines is 1. The van der Waals surface area contributed by atoms with E-state index in [9.17, 15) is 0 Å². The molecule has 0 aliphatic heterocycles. The van der Waals surface area contributed by atoms with Crippen LogP contribution in [-0.2, 0) is 13.1 Å². The lowest BCUT2D eigenvalue weighted by atomic mass is 10.1. The summed E-state index contributed by atoms with van der Waals surface area (Å²) >= 11 is 0. The molecule has 4 aromatic rings. The molecule has 0 aliphatic carbocycles. The summed E-state index contributed by atoms with van der Waals surface area (Å²) in [6.07, 6.45) is 6.71. The Balaban J connectivity index is 1.66. The first-order valence-electron chi connectivity index (χ1n) is 8.49. The van der Waals surface area contributed by atoms with Crippen molar-refractivity contribution in [2.75, 3.05) is 5.32 Å². The summed E-state index contributed by atoms with van der Waals surface area (Å²) in [5.41, 5.74) is 2.83. The topological polar surface area (TPSA) is 60.0 Å². The number of imidazole rings is 1. The third-order valence-electron chi connectivity index (χ3n) is 4.12. The Morgan fingerprint density at radius 2 is 1.96 bits per heavy atom. The quantitative estimate of drug-likeness (QED) is 0.586. The molecule has 3 heterocycles. The minimum atomic E-state index is 0.639. The third kappa shape index (κ3) is 3.10. The molecule has 0 spiro atoms. The van der Waals surface area contributed by atoms with Crippen molar-refractivity contribution in [3.05, 3.63) is 66.9 Å². The zero-order chi connectivity index (χ0) is 17.1. The molecule has 1 aromatic carbocycles. The van der Waals surface area contributed by atoms with Gasteiger partial charge in [-0.05, 0) is 6.42 Å². The Kier molecular flexibility index (Phi) is 4.16. The van der Waals surface area contributed by atoms with Gasteiger partial charge in [-0.25, -0.2) is 9.97 Å². The summed E-state index contributed by atoms with van der Waals surface area (Å²) in [7, 11) is 0. The monoisotopic (exact) mass is 332 g/mol. The minimum absolute atomic E-state index is 0.639. The van der Waals surface area contributed by atoms with E-state index in [-0.39, 0.29) is 0 Å². The Hall–Kier alpha value is -3.15. The fourth-order valence-electron chi connectivity index (χ4n) is 2.92. The maximum absolute atomic E-state index is 4.70. The molecule has 0 radical (unpaired) electrons. The molecular formula is C19H20N6. The van der Waals surface area contributed by atoms with E-state index in [4.69, 9.17) is 4.98 Å². The lowest BCUT2D eigenvalue weighted by Gasteiger charge is -2.12. The Morgan fingerprint density at radius 1 is 1.08 bits per heavy atom. The van der Waals surface area contributed by atoms with Gasteiger partial charge in [0.1, 0.15) is 11.6 Å². The molecule has 0 bridgehead atoms. The van der Waals surface area contributed by atoms with Crippen LogP contribution in [0.4, 0.5) is 5.82 Å². The largest absolute Gasteiger partial charge is 0.363 e. The molecule has 0 amide bonds. The average molecular weight is 332 g/mol. The maximum atomic E-state index is 4.70. The van der Waals surface area contributed by atoms with Gasteiger partial charge in [0.2, 0.25) is 0 Å². The van der Waals surface area contributed by atoms with E-state index in [1.165, 1.54) is 0 Å². The molecule has 6 nitrogen and oxygen atoms in total. The smallest absolute Gasteiger partial charge is 0.157 e. The maximum Gasteiger partial charge on any atom is 0.157 e. The van der Waals surface area contributed by atoms with Crippen LogP contribution in [0.2, 0.25) is 0 Å². The second kappa shape index (κ2) is 6.76. The number of nitrogens with zero attached hydrogens (tertiary/aromatic N) is 5. The first-order chi connectivity index (χ1) is 12.3. The molecule has 0 saturated heterocycles. The zero-order valence-electron chi connectivity index (χ0n) is 14.1. The summed E-state index contributed by atoms with van der Waals surface area (Å²) in [6.45, 7) is 3.78. The highest BCUT2D eigenvalue weighted by molar-refractivity contribution is 5.66. The van der Waals surface area contributed by atoms with E-state index < -0.39 is 0 Å². The summed E-state index contributed by atoms with van der Waals surface area (Å²) in [4.78, 5) is 9.15. The van der Waals surface area contributed by atoms with Crippen molar-refractivity contribution in [2.45, 2.75) is 26.4 Å². The summed E-state index contributed by atoms with van der Waals surface area (Å²) in [5, 5.41) is 7.84. The molecule has 0 fully saturated rings. The first-order valence-corrected chi connectivity index (χ1v) is 8.49. The van der Waals surface area contributed by atoms with Crippen molar-refractivity contribution in [3.8, 4) is 11.3 Å². The standard InChI is InChI=1S/C19H20N6/c1-2-11-24-12-10-20-19(24)14-21-18-13-16(15-6-4-3-5-7-15)23-17-8-9-22-25(17)18/h3-10,12-13,21H,2,11,14H2,1H3. The van der Waals surface area contributed by atoms with E-state index in [1.807, 2.05) is 47.2 Å². The highest BCUT2D eigenvalue weighted by atomic mass is 15.3. The van der Waals surface area contributed by atoms with Crippen LogP contribution in [0.25, 0.3) is 16.9 Å². The molecule has 0 unspecified atom stereocenters. The van der Waals surface area contributed by atoms with E-state index in [0.717, 1.165) is 41.5 Å². The van der Waals surface area contributed by atoms with Crippen LogP contribution in [0.5, 0.6) is 0 Å². The molecule has 0 atom stereocenters. The van der Waals surface area contributed by atoms with Crippen molar-refractivity contribution in [1.29, 1.82) is 0 Å². The van der Waals surface area contributed by atoms with Gasteiger partial charge in [0, 0.05) is 36.6 Å². The Bertz CT molecular complexity index is 970. The Labute approximate surface area is 146 Å². The molecule has 4 rings (SSSR count). The highest BCUT2D eigenvalue weighted by Crippen LogP contribution is 2.22. The number of aryl methyl sites for hydroxylation is 1. The molecule has 0 saturated carbocycles. The van der Waals surface area contributed by atoms with Crippen LogP contribution in [0, 0.1) is 0 Å². The number of hydrogen-bond donors (Lipinski definition) is 1. The van der Waals surface area contributed by atoms with Gasteiger partial charge in [-0.15, -0.1) is 0 Å². The molecule has 25 heavy (non-hydrogen) atoms. The van der Waals surface area contributed by atoms with Gasteiger partial charge in [0.15, 0.2) is 5.65 Å². The Morgan fingerprint density at radius 3 is 2.80 bits per heavy atom. The highest BCUT2D eigenvalue weighted by Gasteiger charge is 2.09. The van der Waals surface area contributed by atoms with Crippen LogP contribution < -0.4 is 5.32 Å². The van der Waals surface area contributed by atoms with Crippen molar-refractivity contribution in [1.82, 2.24) is 24.1 Å². The number of aromatic nitrogens is 5. The van der Waals surface area contributed by atoms with Gasteiger partial charge in [0.25, 0.3) is 0 Å². The lowest BCUT2D eigenvalue weighted by Crippen LogP contribution is -2.11. The summed E-state index contributed by atoms with van der Waals surface area (Å²) in [6, 6.07) is 14.1. The van der Waals surface area contributed by atoms with Gasteiger partial charge in [-0.1, -0.05) is 37.3 Å². The number of rotatable bonds is 6. The summed E-state index contributed by atoms with van der Waals surface area (Å²) < 4.78 is 3.99. The lowest BCUT2D eigenvalue weighted by molar-refractivity contribution is 0.643. The second-order valence-corrected chi connectivity index (χ2v) is 5.88. The van der Waals surface area contributed by atoms with Crippen LogP contribution in [0.15, 0.2) is 61.1 Å². The van der Waals surface area contributed by atoms with Crippen molar-refractivity contribution in [2.24, 2.45) is 0 Å². The van der Waals surface area contributed by atoms with Gasteiger partial charge >= 0.3 is 0 Å². The van der Waals surface area contributed by atoms with E-state index in [1.54, 1.807) is 6.20 Å². The van der Waals surface area contributed by atoms with Crippen molar-refractivity contribution in [3.63, 3.8) is 0 Å². The van der Waals surface area contributed by atoms with Crippen molar-refractivity contribution >= 4 is 11.5 Å². The molecule has 0 aliphatic rings. The fourth-order valence-corrected chi connectivity index (χ4v) is 2.92. The average Bonchev–Trinajstić information content (AvgIpc) is 3.30. The van der Waals surface area contributed by atoms with E-state index in [0.29, 0.717) is 6.54 Å². The van der Waals surface area contributed by atoms with Gasteiger partial charge < -0.3 is 9.88 Å². The van der Waals surface area contributed by atoms with Crippen LogP contribution in [0.3, 0.4) is 0 Å². The normalized spacial score (nSPS) is 11.1. The molecule has 1 N–H and O–H groups in total. The number of benzene rings is 1. The van der Waals surface area contributed by atoms with Crippen molar-refractivity contribution < 1.29 is 0 Å². The molecule has 6 heteroatoms. The van der Waals surface area contributed by atoms with Crippen LogP contribution in [-0.4, -0.2) is 24.1 Å². The summed E-state index contributed by atoms with van der Waals surface area (Å²) in [5.74, 6) is 1.92.